The number of nitrogens with zero attached hydrogens (tertiary/aromatic N) is 1. The Hall–Kier alpha value is -2.58. The van der Waals surface area contributed by atoms with Gasteiger partial charge in [0.05, 0.1) is 12.7 Å². The fourth-order valence-electron chi connectivity index (χ4n) is 2.80. The molecule has 0 saturated carbocycles. The highest BCUT2D eigenvalue weighted by molar-refractivity contribution is 7.89. The fourth-order valence-corrected chi connectivity index (χ4v) is 4.44. The minimum atomic E-state index is -3.79. The summed E-state index contributed by atoms with van der Waals surface area (Å²) in [6.45, 7) is 6.28. The second kappa shape index (κ2) is 10.3. The van der Waals surface area contributed by atoms with Crippen LogP contribution < -0.4 is 9.47 Å². The zero-order valence-corrected chi connectivity index (χ0v) is 18.0. The van der Waals surface area contributed by atoms with E-state index >= 15 is 0 Å². The number of rotatable bonds is 10. The van der Waals surface area contributed by atoms with Gasteiger partial charge in [-0.1, -0.05) is 32.0 Å². The normalized spacial score (nSPS) is 11.3. The molecule has 0 unspecified atom stereocenters. The SMILES string of the molecule is CCN(CC)S(=O)(=O)c1cc(C(=O)OCCOc2ccccc2C)ccc1OC. The summed E-state index contributed by atoms with van der Waals surface area (Å²) in [6, 6.07) is 11.8. The van der Waals surface area contributed by atoms with E-state index < -0.39 is 16.0 Å². The molecule has 0 fully saturated rings. The van der Waals surface area contributed by atoms with Gasteiger partial charge in [-0.05, 0) is 36.8 Å². The van der Waals surface area contributed by atoms with Crippen LogP contribution in [0.3, 0.4) is 0 Å². The van der Waals surface area contributed by atoms with Gasteiger partial charge in [0.15, 0.2) is 0 Å². The molecule has 2 rings (SSSR count). The first-order valence-electron chi connectivity index (χ1n) is 9.38. The van der Waals surface area contributed by atoms with Gasteiger partial charge in [0.1, 0.15) is 29.6 Å². The molecule has 0 N–H and O–H groups in total. The van der Waals surface area contributed by atoms with Gasteiger partial charge in [0.2, 0.25) is 10.0 Å². The van der Waals surface area contributed by atoms with Gasteiger partial charge < -0.3 is 14.2 Å². The summed E-state index contributed by atoms with van der Waals surface area (Å²) in [5.41, 5.74) is 1.12. The number of carbonyl (C=O) groups excluding carboxylic acids is 1. The monoisotopic (exact) mass is 421 g/mol. The van der Waals surface area contributed by atoms with Gasteiger partial charge in [-0.3, -0.25) is 0 Å². The summed E-state index contributed by atoms with van der Waals surface area (Å²) in [4.78, 5) is 12.3. The van der Waals surface area contributed by atoms with Crippen LogP contribution in [-0.2, 0) is 14.8 Å². The van der Waals surface area contributed by atoms with Crippen LogP contribution in [0.15, 0.2) is 47.4 Å². The lowest BCUT2D eigenvalue weighted by Gasteiger charge is -2.20. The average Bonchev–Trinajstić information content (AvgIpc) is 2.72. The number of sulfonamides is 1. The molecule has 7 nitrogen and oxygen atoms in total. The van der Waals surface area contributed by atoms with E-state index in [-0.39, 0.29) is 29.4 Å². The number of aryl methyl sites for hydroxylation is 1. The Morgan fingerprint density at radius 1 is 1.00 bits per heavy atom. The highest BCUT2D eigenvalue weighted by Gasteiger charge is 2.27. The number of benzene rings is 2. The van der Waals surface area contributed by atoms with Crippen molar-refractivity contribution in [2.24, 2.45) is 0 Å². The molecule has 0 aliphatic carbocycles. The van der Waals surface area contributed by atoms with Crippen LogP contribution in [0.4, 0.5) is 0 Å². The first-order valence-corrected chi connectivity index (χ1v) is 10.8. The Morgan fingerprint density at radius 2 is 1.69 bits per heavy atom. The highest BCUT2D eigenvalue weighted by Crippen LogP contribution is 2.28. The Balaban J connectivity index is 2.10. The molecule has 0 heterocycles. The third kappa shape index (κ3) is 5.48. The van der Waals surface area contributed by atoms with Crippen molar-refractivity contribution in [2.75, 3.05) is 33.4 Å². The van der Waals surface area contributed by atoms with Crippen molar-refractivity contribution >= 4 is 16.0 Å². The molecule has 2 aromatic rings. The standard InChI is InChI=1S/C21H27NO6S/c1-5-22(6-2)29(24,25)20-15-17(11-12-19(20)26-4)21(23)28-14-13-27-18-10-8-7-9-16(18)3/h7-12,15H,5-6,13-14H2,1-4H3. The Morgan fingerprint density at radius 3 is 2.31 bits per heavy atom. The lowest BCUT2D eigenvalue weighted by Crippen LogP contribution is -2.31. The molecule has 29 heavy (non-hydrogen) atoms. The maximum atomic E-state index is 12.9. The molecule has 0 aliphatic rings. The number of hydrogen-bond acceptors (Lipinski definition) is 6. The third-order valence-corrected chi connectivity index (χ3v) is 6.46. The van der Waals surface area contributed by atoms with Crippen LogP contribution in [0, 0.1) is 6.92 Å². The topological polar surface area (TPSA) is 82.1 Å². The fraction of sp³-hybridized carbons (Fsp3) is 0.381. The van der Waals surface area contributed by atoms with E-state index in [9.17, 15) is 13.2 Å². The van der Waals surface area contributed by atoms with Crippen LogP contribution in [0.2, 0.25) is 0 Å². The Labute approximate surface area is 172 Å². The van der Waals surface area contributed by atoms with E-state index in [1.54, 1.807) is 13.8 Å². The van der Waals surface area contributed by atoms with Crippen molar-refractivity contribution in [3.05, 3.63) is 53.6 Å². The maximum absolute atomic E-state index is 12.9. The molecule has 2 aromatic carbocycles. The van der Waals surface area contributed by atoms with Crippen LogP contribution >= 0.6 is 0 Å². The molecule has 0 bridgehead atoms. The first-order chi connectivity index (χ1) is 13.8. The predicted molar refractivity (Wildman–Crippen MR) is 110 cm³/mol. The molecule has 0 radical (unpaired) electrons. The third-order valence-electron chi connectivity index (χ3n) is 4.39. The number of ether oxygens (including phenoxy) is 3. The molecule has 0 aliphatic heterocycles. The zero-order chi connectivity index (χ0) is 21.4. The van der Waals surface area contributed by atoms with Crippen molar-refractivity contribution < 1.29 is 27.4 Å². The van der Waals surface area contributed by atoms with E-state index in [0.29, 0.717) is 13.1 Å². The van der Waals surface area contributed by atoms with Gasteiger partial charge in [-0.15, -0.1) is 0 Å². The number of hydrogen-bond donors (Lipinski definition) is 0. The van der Waals surface area contributed by atoms with Crippen LogP contribution in [0.25, 0.3) is 0 Å². The number of para-hydroxylation sites is 1. The maximum Gasteiger partial charge on any atom is 0.338 e. The quantitative estimate of drug-likeness (QED) is 0.433. The van der Waals surface area contributed by atoms with Crippen molar-refractivity contribution in [1.82, 2.24) is 4.31 Å². The van der Waals surface area contributed by atoms with Crippen LogP contribution in [-0.4, -0.2) is 52.1 Å². The Bertz CT molecular complexity index is 938. The van der Waals surface area contributed by atoms with E-state index in [2.05, 4.69) is 0 Å². The van der Waals surface area contributed by atoms with Crippen molar-refractivity contribution in [2.45, 2.75) is 25.7 Å². The second-order valence-electron chi connectivity index (χ2n) is 6.20. The van der Waals surface area contributed by atoms with Gasteiger partial charge in [-0.2, -0.15) is 4.31 Å². The van der Waals surface area contributed by atoms with Crippen LogP contribution in [0.5, 0.6) is 11.5 Å². The van der Waals surface area contributed by atoms with E-state index in [4.69, 9.17) is 14.2 Å². The van der Waals surface area contributed by atoms with Crippen molar-refractivity contribution in [1.29, 1.82) is 0 Å². The largest absolute Gasteiger partial charge is 0.495 e. The molecule has 158 valence electrons. The molecule has 0 spiro atoms. The van der Waals surface area contributed by atoms with Gasteiger partial charge >= 0.3 is 5.97 Å². The second-order valence-corrected chi connectivity index (χ2v) is 8.11. The lowest BCUT2D eigenvalue weighted by atomic mass is 10.2. The molecular weight excluding hydrogens is 394 g/mol. The summed E-state index contributed by atoms with van der Waals surface area (Å²) in [7, 11) is -2.40. The minimum absolute atomic E-state index is 0.0390. The molecule has 0 saturated heterocycles. The Kier molecular flexibility index (Phi) is 8.04. The number of methoxy groups -OCH3 is 1. The van der Waals surface area contributed by atoms with Crippen molar-refractivity contribution in [3.63, 3.8) is 0 Å². The smallest absolute Gasteiger partial charge is 0.338 e. The minimum Gasteiger partial charge on any atom is -0.495 e. The summed E-state index contributed by atoms with van der Waals surface area (Å²) in [5.74, 6) is 0.272. The summed E-state index contributed by atoms with van der Waals surface area (Å²) >= 11 is 0. The molecule has 0 atom stereocenters. The molecule has 0 amide bonds. The summed E-state index contributed by atoms with van der Waals surface area (Å²) in [6.07, 6.45) is 0. The average molecular weight is 422 g/mol. The molecular formula is C21H27NO6S. The van der Waals surface area contributed by atoms with Gasteiger partial charge in [-0.25, -0.2) is 13.2 Å². The van der Waals surface area contributed by atoms with Crippen molar-refractivity contribution in [3.8, 4) is 11.5 Å². The summed E-state index contributed by atoms with van der Waals surface area (Å²) < 4.78 is 43.1. The molecule has 0 aromatic heterocycles. The van der Waals surface area contributed by atoms with E-state index in [0.717, 1.165) is 11.3 Å². The molecule has 8 heteroatoms. The van der Waals surface area contributed by atoms with E-state index in [1.807, 2.05) is 31.2 Å². The first kappa shape index (κ1) is 22.7. The van der Waals surface area contributed by atoms with Gasteiger partial charge in [0.25, 0.3) is 0 Å². The van der Waals surface area contributed by atoms with Gasteiger partial charge in [0, 0.05) is 13.1 Å². The summed E-state index contributed by atoms with van der Waals surface area (Å²) in [5, 5.41) is 0. The number of esters is 1. The van der Waals surface area contributed by atoms with E-state index in [1.165, 1.54) is 29.6 Å². The lowest BCUT2D eigenvalue weighted by molar-refractivity contribution is 0.0450. The highest BCUT2D eigenvalue weighted by atomic mass is 32.2. The zero-order valence-electron chi connectivity index (χ0n) is 17.2. The number of carbonyl (C=O) groups is 1. The predicted octanol–water partition coefficient (Wildman–Crippen LogP) is 3.27. The van der Waals surface area contributed by atoms with Crippen LogP contribution in [0.1, 0.15) is 29.8 Å².